The van der Waals surface area contributed by atoms with Gasteiger partial charge in [-0.25, -0.2) is 0 Å². The number of amides is 1. The first-order valence-electron chi connectivity index (χ1n) is 8.50. The van der Waals surface area contributed by atoms with Crippen LogP contribution in [0.1, 0.15) is 32.9 Å². The molecule has 6 heteroatoms. The van der Waals surface area contributed by atoms with Crippen molar-refractivity contribution in [3.8, 4) is 5.75 Å². The summed E-state index contributed by atoms with van der Waals surface area (Å²) in [6, 6.07) is 15.4. The van der Waals surface area contributed by atoms with Crippen molar-refractivity contribution >= 4 is 22.4 Å². The molecule has 0 aliphatic rings. The summed E-state index contributed by atoms with van der Waals surface area (Å²) in [5.74, 6) is 0.703. The number of hydrogen-bond donors (Lipinski definition) is 1. The second kappa shape index (κ2) is 8.58. The number of aromatic nitrogens is 2. The van der Waals surface area contributed by atoms with Crippen molar-refractivity contribution in [2.24, 2.45) is 0 Å². The largest absolute Gasteiger partial charge is 0.494 e. The lowest BCUT2D eigenvalue weighted by Gasteiger charge is -2.04. The number of para-hydroxylation sites is 1. The molecule has 3 rings (SSSR count). The molecule has 1 heterocycles. The fourth-order valence-electron chi connectivity index (χ4n) is 2.39. The maximum absolute atomic E-state index is 12.3. The standard InChI is InChI=1S/C20H21N3O2S/c1-14-10-11-16(13-15(14)2)19(24)21-20-23-22-18(26-20)9-6-12-25-17-7-4-3-5-8-17/h3-5,7-8,10-11,13H,6,9,12H2,1-2H3,(H,21,23,24). The zero-order chi connectivity index (χ0) is 18.4. The van der Waals surface area contributed by atoms with E-state index in [2.05, 4.69) is 15.5 Å². The van der Waals surface area contributed by atoms with Crippen LogP contribution in [0.5, 0.6) is 5.75 Å². The molecule has 0 unspecified atom stereocenters. The van der Waals surface area contributed by atoms with E-state index in [1.54, 1.807) is 0 Å². The highest BCUT2D eigenvalue weighted by Crippen LogP contribution is 2.19. The van der Waals surface area contributed by atoms with Crippen molar-refractivity contribution in [1.82, 2.24) is 10.2 Å². The number of benzene rings is 2. The van der Waals surface area contributed by atoms with Crippen LogP contribution in [0.3, 0.4) is 0 Å². The third kappa shape index (κ3) is 4.89. The zero-order valence-corrected chi connectivity index (χ0v) is 15.7. The molecule has 134 valence electrons. The lowest BCUT2D eigenvalue weighted by atomic mass is 10.1. The van der Waals surface area contributed by atoms with Gasteiger partial charge in [0.2, 0.25) is 5.13 Å². The molecule has 1 amide bonds. The fraction of sp³-hybridized carbons (Fsp3) is 0.250. The lowest BCUT2D eigenvalue weighted by molar-refractivity contribution is 0.102. The molecule has 26 heavy (non-hydrogen) atoms. The highest BCUT2D eigenvalue weighted by atomic mass is 32.1. The number of rotatable bonds is 7. The van der Waals surface area contributed by atoms with Gasteiger partial charge in [0.25, 0.3) is 5.91 Å². The van der Waals surface area contributed by atoms with Crippen molar-refractivity contribution < 1.29 is 9.53 Å². The highest BCUT2D eigenvalue weighted by molar-refractivity contribution is 7.15. The maximum Gasteiger partial charge on any atom is 0.257 e. The number of anilines is 1. The predicted octanol–water partition coefficient (Wildman–Crippen LogP) is 4.42. The van der Waals surface area contributed by atoms with Gasteiger partial charge in [0.05, 0.1) is 6.61 Å². The molecule has 0 bridgehead atoms. The lowest BCUT2D eigenvalue weighted by Crippen LogP contribution is -2.12. The number of nitrogens with one attached hydrogen (secondary N) is 1. The average Bonchev–Trinajstić information content (AvgIpc) is 3.09. The van der Waals surface area contributed by atoms with E-state index in [0.717, 1.165) is 34.7 Å². The SMILES string of the molecule is Cc1ccc(C(=O)Nc2nnc(CCCOc3ccccc3)s2)cc1C. The molecule has 0 spiro atoms. The minimum atomic E-state index is -0.164. The Morgan fingerprint density at radius 1 is 1.08 bits per heavy atom. The summed E-state index contributed by atoms with van der Waals surface area (Å²) in [6.07, 6.45) is 1.61. The summed E-state index contributed by atoms with van der Waals surface area (Å²) in [7, 11) is 0. The molecule has 5 nitrogen and oxygen atoms in total. The van der Waals surface area contributed by atoms with Crippen molar-refractivity contribution in [2.45, 2.75) is 26.7 Å². The summed E-state index contributed by atoms with van der Waals surface area (Å²) in [6.45, 7) is 4.64. The third-order valence-corrected chi connectivity index (χ3v) is 4.90. The monoisotopic (exact) mass is 367 g/mol. The molecule has 2 aromatic carbocycles. The average molecular weight is 367 g/mol. The Kier molecular flexibility index (Phi) is 5.96. The molecule has 0 fully saturated rings. The first kappa shape index (κ1) is 18.1. The molecule has 3 aromatic rings. The van der Waals surface area contributed by atoms with Crippen LogP contribution < -0.4 is 10.1 Å². The van der Waals surface area contributed by atoms with Crippen molar-refractivity contribution in [1.29, 1.82) is 0 Å². The van der Waals surface area contributed by atoms with Crippen LogP contribution in [0.2, 0.25) is 0 Å². The molecule has 1 aromatic heterocycles. The van der Waals surface area contributed by atoms with E-state index < -0.39 is 0 Å². The van der Waals surface area contributed by atoms with Gasteiger partial charge in [-0.3, -0.25) is 10.1 Å². The predicted molar refractivity (Wildman–Crippen MR) is 104 cm³/mol. The van der Waals surface area contributed by atoms with E-state index in [9.17, 15) is 4.79 Å². The number of aryl methyl sites for hydroxylation is 3. The number of nitrogens with zero attached hydrogens (tertiary/aromatic N) is 2. The summed E-state index contributed by atoms with van der Waals surface area (Å²) in [5, 5.41) is 12.4. The zero-order valence-electron chi connectivity index (χ0n) is 14.9. The third-order valence-electron chi connectivity index (χ3n) is 4.00. The van der Waals surface area contributed by atoms with Gasteiger partial charge in [-0.2, -0.15) is 0 Å². The molecule has 0 atom stereocenters. The van der Waals surface area contributed by atoms with Crippen LogP contribution in [0.25, 0.3) is 0 Å². The molecule has 0 radical (unpaired) electrons. The second-order valence-corrected chi connectivity index (χ2v) is 7.08. The van der Waals surface area contributed by atoms with Gasteiger partial charge < -0.3 is 4.74 Å². The van der Waals surface area contributed by atoms with Gasteiger partial charge in [0, 0.05) is 12.0 Å². The number of carbonyl (C=O) groups excluding carboxylic acids is 1. The summed E-state index contributed by atoms with van der Waals surface area (Å²) >= 11 is 1.40. The van der Waals surface area contributed by atoms with Gasteiger partial charge in [0.15, 0.2) is 0 Å². The molecular formula is C20H21N3O2S. The highest BCUT2D eigenvalue weighted by Gasteiger charge is 2.11. The Morgan fingerprint density at radius 2 is 1.88 bits per heavy atom. The van der Waals surface area contributed by atoms with Crippen LogP contribution in [0, 0.1) is 13.8 Å². The molecule has 0 aliphatic heterocycles. The van der Waals surface area contributed by atoms with Gasteiger partial charge in [-0.1, -0.05) is 35.6 Å². The normalized spacial score (nSPS) is 10.5. The van der Waals surface area contributed by atoms with Crippen molar-refractivity contribution in [3.63, 3.8) is 0 Å². The van der Waals surface area contributed by atoms with E-state index in [0.29, 0.717) is 17.3 Å². The minimum absolute atomic E-state index is 0.164. The fourth-order valence-corrected chi connectivity index (χ4v) is 3.16. The van der Waals surface area contributed by atoms with Gasteiger partial charge in [0.1, 0.15) is 10.8 Å². The second-order valence-electron chi connectivity index (χ2n) is 6.02. The van der Waals surface area contributed by atoms with E-state index in [1.807, 2.05) is 62.4 Å². The van der Waals surface area contributed by atoms with E-state index in [4.69, 9.17) is 4.74 Å². The summed E-state index contributed by atoms with van der Waals surface area (Å²) in [4.78, 5) is 12.3. The Hall–Kier alpha value is -2.73. The topological polar surface area (TPSA) is 64.1 Å². The van der Waals surface area contributed by atoms with Crippen LogP contribution in [-0.2, 0) is 6.42 Å². The quantitative estimate of drug-likeness (QED) is 0.628. The number of hydrogen-bond acceptors (Lipinski definition) is 5. The van der Waals surface area contributed by atoms with Crippen LogP contribution in [0.15, 0.2) is 48.5 Å². The van der Waals surface area contributed by atoms with Crippen LogP contribution in [-0.4, -0.2) is 22.7 Å². The van der Waals surface area contributed by atoms with E-state index >= 15 is 0 Å². The van der Waals surface area contributed by atoms with Crippen LogP contribution >= 0.6 is 11.3 Å². The Labute approximate surface area is 157 Å². The smallest absolute Gasteiger partial charge is 0.257 e. The molecule has 0 aliphatic carbocycles. The van der Waals surface area contributed by atoms with E-state index in [-0.39, 0.29) is 5.91 Å². The molecule has 0 saturated heterocycles. The summed E-state index contributed by atoms with van der Waals surface area (Å²) < 4.78 is 5.66. The van der Waals surface area contributed by atoms with Crippen molar-refractivity contribution in [2.75, 3.05) is 11.9 Å². The summed E-state index contributed by atoms with van der Waals surface area (Å²) in [5.41, 5.74) is 2.88. The molecule has 1 N–H and O–H groups in total. The van der Waals surface area contributed by atoms with Gasteiger partial charge in [-0.05, 0) is 55.7 Å². The Morgan fingerprint density at radius 3 is 2.65 bits per heavy atom. The first-order chi connectivity index (χ1) is 12.6. The van der Waals surface area contributed by atoms with Crippen LogP contribution in [0.4, 0.5) is 5.13 Å². The molecule has 0 saturated carbocycles. The Bertz CT molecular complexity index is 878. The number of ether oxygens (including phenoxy) is 1. The van der Waals surface area contributed by atoms with E-state index in [1.165, 1.54) is 11.3 Å². The first-order valence-corrected chi connectivity index (χ1v) is 9.32. The Balaban J connectivity index is 1.48. The molecular weight excluding hydrogens is 346 g/mol. The number of carbonyl (C=O) groups is 1. The van der Waals surface area contributed by atoms with Gasteiger partial charge in [-0.15, -0.1) is 10.2 Å². The van der Waals surface area contributed by atoms with Gasteiger partial charge >= 0.3 is 0 Å². The minimum Gasteiger partial charge on any atom is -0.494 e. The van der Waals surface area contributed by atoms with Crippen molar-refractivity contribution in [3.05, 3.63) is 70.2 Å². The maximum atomic E-state index is 12.3.